The van der Waals surface area contributed by atoms with Crippen molar-refractivity contribution in [1.82, 2.24) is 10.3 Å². The Labute approximate surface area is 91.3 Å². The number of rotatable bonds is 4. The van der Waals surface area contributed by atoms with Crippen molar-refractivity contribution in [2.75, 3.05) is 0 Å². The average molecular weight is 208 g/mol. The second kappa shape index (κ2) is 4.79. The molecular weight excluding hydrogens is 188 g/mol. The van der Waals surface area contributed by atoms with Crippen LogP contribution in [0, 0.1) is 12.8 Å². The van der Waals surface area contributed by atoms with Gasteiger partial charge in [0.1, 0.15) is 5.76 Å². The zero-order valence-corrected chi connectivity index (χ0v) is 9.62. The lowest BCUT2D eigenvalue weighted by Gasteiger charge is -2.10. The summed E-state index contributed by atoms with van der Waals surface area (Å²) in [6.45, 7) is 4.98. The molecule has 0 radical (unpaired) electrons. The standard InChI is InChI=1S/C12H20N2O/c1-3-10-4-5-11(6-10)13-8-12-14-7-9(2)15-12/h7,10-11,13H,3-6,8H2,1-2H3. The first-order chi connectivity index (χ1) is 7.28. The van der Waals surface area contributed by atoms with Gasteiger partial charge in [-0.15, -0.1) is 0 Å². The van der Waals surface area contributed by atoms with E-state index in [-0.39, 0.29) is 0 Å². The summed E-state index contributed by atoms with van der Waals surface area (Å²) in [5.41, 5.74) is 0. The van der Waals surface area contributed by atoms with E-state index in [1.54, 1.807) is 6.20 Å². The summed E-state index contributed by atoms with van der Waals surface area (Å²) in [4.78, 5) is 4.19. The van der Waals surface area contributed by atoms with Crippen molar-refractivity contribution in [3.63, 3.8) is 0 Å². The number of nitrogens with one attached hydrogen (secondary N) is 1. The van der Waals surface area contributed by atoms with E-state index in [0.29, 0.717) is 6.04 Å². The van der Waals surface area contributed by atoms with Crippen LogP contribution in [0.2, 0.25) is 0 Å². The van der Waals surface area contributed by atoms with E-state index in [9.17, 15) is 0 Å². The van der Waals surface area contributed by atoms with E-state index in [0.717, 1.165) is 24.1 Å². The molecule has 1 N–H and O–H groups in total. The van der Waals surface area contributed by atoms with Crippen molar-refractivity contribution in [3.05, 3.63) is 17.8 Å². The van der Waals surface area contributed by atoms with E-state index >= 15 is 0 Å². The molecule has 2 rings (SSSR count). The van der Waals surface area contributed by atoms with Crippen LogP contribution in [-0.4, -0.2) is 11.0 Å². The van der Waals surface area contributed by atoms with Gasteiger partial charge in [0.15, 0.2) is 0 Å². The summed E-state index contributed by atoms with van der Waals surface area (Å²) in [5, 5.41) is 3.52. The molecule has 3 heteroatoms. The average Bonchev–Trinajstić information content (AvgIpc) is 2.83. The van der Waals surface area contributed by atoms with Crippen molar-refractivity contribution in [3.8, 4) is 0 Å². The van der Waals surface area contributed by atoms with Gasteiger partial charge in [0, 0.05) is 6.04 Å². The molecule has 3 nitrogen and oxygen atoms in total. The van der Waals surface area contributed by atoms with Crippen LogP contribution in [0.15, 0.2) is 10.6 Å². The Morgan fingerprint density at radius 3 is 3.00 bits per heavy atom. The monoisotopic (exact) mass is 208 g/mol. The predicted molar refractivity (Wildman–Crippen MR) is 59.5 cm³/mol. The smallest absolute Gasteiger partial charge is 0.208 e. The molecule has 0 aromatic carbocycles. The molecule has 2 unspecified atom stereocenters. The second-order valence-electron chi connectivity index (χ2n) is 4.53. The molecule has 0 amide bonds. The number of aromatic nitrogens is 1. The summed E-state index contributed by atoms with van der Waals surface area (Å²) in [5.74, 6) is 2.63. The second-order valence-corrected chi connectivity index (χ2v) is 4.53. The fourth-order valence-electron chi connectivity index (χ4n) is 2.35. The molecule has 0 saturated heterocycles. The highest BCUT2D eigenvalue weighted by molar-refractivity contribution is 4.91. The van der Waals surface area contributed by atoms with Crippen LogP contribution >= 0.6 is 0 Å². The normalized spacial score (nSPS) is 26.0. The van der Waals surface area contributed by atoms with Crippen molar-refractivity contribution < 1.29 is 4.42 Å². The van der Waals surface area contributed by atoms with Gasteiger partial charge < -0.3 is 9.73 Å². The van der Waals surface area contributed by atoms with Gasteiger partial charge in [-0.05, 0) is 32.1 Å². The zero-order valence-electron chi connectivity index (χ0n) is 9.62. The zero-order chi connectivity index (χ0) is 10.7. The van der Waals surface area contributed by atoms with E-state index in [1.807, 2.05) is 6.92 Å². The van der Waals surface area contributed by atoms with Crippen LogP contribution in [0.1, 0.15) is 44.3 Å². The van der Waals surface area contributed by atoms with Crippen molar-refractivity contribution >= 4 is 0 Å². The van der Waals surface area contributed by atoms with Gasteiger partial charge in [-0.1, -0.05) is 13.3 Å². The summed E-state index contributed by atoms with van der Waals surface area (Å²) < 4.78 is 5.42. The largest absolute Gasteiger partial charge is 0.445 e. The van der Waals surface area contributed by atoms with Crippen molar-refractivity contribution in [2.24, 2.45) is 5.92 Å². The minimum atomic E-state index is 0.669. The molecule has 2 atom stereocenters. The van der Waals surface area contributed by atoms with Crippen LogP contribution in [0.3, 0.4) is 0 Å². The maximum atomic E-state index is 5.42. The molecule has 1 aliphatic rings. The molecule has 0 spiro atoms. The molecule has 1 saturated carbocycles. The molecule has 1 aromatic heterocycles. The fourth-order valence-corrected chi connectivity index (χ4v) is 2.35. The first-order valence-electron chi connectivity index (χ1n) is 5.92. The van der Waals surface area contributed by atoms with Gasteiger partial charge in [0.25, 0.3) is 0 Å². The highest BCUT2D eigenvalue weighted by Gasteiger charge is 2.22. The van der Waals surface area contributed by atoms with Gasteiger partial charge in [0.2, 0.25) is 5.89 Å². The molecular formula is C12H20N2O. The Morgan fingerprint density at radius 2 is 2.40 bits per heavy atom. The van der Waals surface area contributed by atoms with E-state index in [4.69, 9.17) is 4.42 Å². The molecule has 1 heterocycles. The van der Waals surface area contributed by atoms with Gasteiger partial charge in [-0.25, -0.2) is 4.98 Å². The third-order valence-electron chi connectivity index (χ3n) is 3.33. The first kappa shape index (κ1) is 10.7. The van der Waals surface area contributed by atoms with E-state index in [2.05, 4.69) is 17.2 Å². The number of nitrogens with zero attached hydrogens (tertiary/aromatic N) is 1. The van der Waals surface area contributed by atoms with Gasteiger partial charge >= 0.3 is 0 Å². The third-order valence-corrected chi connectivity index (χ3v) is 3.33. The van der Waals surface area contributed by atoms with Crippen LogP contribution in [-0.2, 0) is 6.54 Å². The summed E-state index contributed by atoms with van der Waals surface area (Å²) in [6.07, 6.45) is 7.09. The SMILES string of the molecule is CCC1CCC(NCc2ncc(C)o2)C1. The Morgan fingerprint density at radius 1 is 1.53 bits per heavy atom. The van der Waals surface area contributed by atoms with Crippen LogP contribution in [0.25, 0.3) is 0 Å². The van der Waals surface area contributed by atoms with Gasteiger partial charge in [0.05, 0.1) is 12.7 Å². The number of hydrogen-bond donors (Lipinski definition) is 1. The first-order valence-corrected chi connectivity index (χ1v) is 5.92. The minimum absolute atomic E-state index is 0.669. The van der Waals surface area contributed by atoms with Gasteiger partial charge in [-0.3, -0.25) is 0 Å². The van der Waals surface area contributed by atoms with Crippen molar-refractivity contribution in [2.45, 2.75) is 52.1 Å². The third kappa shape index (κ3) is 2.81. The fraction of sp³-hybridized carbons (Fsp3) is 0.750. The number of oxazole rings is 1. The number of aryl methyl sites for hydroxylation is 1. The Hall–Kier alpha value is -0.830. The molecule has 0 aliphatic heterocycles. The highest BCUT2D eigenvalue weighted by Crippen LogP contribution is 2.27. The highest BCUT2D eigenvalue weighted by atomic mass is 16.4. The maximum absolute atomic E-state index is 5.42. The summed E-state index contributed by atoms with van der Waals surface area (Å²) in [6, 6.07) is 0.669. The Balaban J connectivity index is 1.75. The van der Waals surface area contributed by atoms with E-state index < -0.39 is 0 Å². The molecule has 1 aromatic rings. The quantitative estimate of drug-likeness (QED) is 0.826. The molecule has 0 bridgehead atoms. The van der Waals surface area contributed by atoms with E-state index in [1.165, 1.54) is 25.7 Å². The molecule has 15 heavy (non-hydrogen) atoms. The van der Waals surface area contributed by atoms with Crippen molar-refractivity contribution in [1.29, 1.82) is 0 Å². The topological polar surface area (TPSA) is 38.1 Å². The summed E-state index contributed by atoms with van der Waals surface area (Å²) >= 11 is 0. The number of hydrogen-bond acceptors (Lipinski definition) is 3. The van der Waals surface area contributed by atoms with Gasteiger partial charge in [-0.2, -0.15) is 0 Å². The lowest BCUT2D eigenvalue weighted by Crippen LogP contribution is -2.25. The Kier molecular flexibility index (Phi) is 3.41. The molecule has 84 valence electrons. The molecule has 1 aliphatic carbocycles. The van der Waals surface area contributed by atoms with Crippen LogP contribution in [0.4, 0.5) is 0 Å². The van der Waals surface area contributed by atoms with Crippen LogP contribution in [0.5, 0.6) is 0 Å². The van der Waals surface area contributed by atoms with Crippen LogP contribution < -0.4 is 5.32 Å². The molecule has 1 fully saturated rings. The summed E-state index contributed by atoms with van der Waals surface area (Å²) in [7, 11) is 0. The Bertz CT molecular complexity index is 308. The predicted octanol–water partition coefficient (Wildman–Crippen LogP) is 2.65. The lowest BCUT2D eigenvalue weighted by atomic mass is 10.1. The minimum Gasteiger partial charge on any atom is -0.445 e. The maximum Gasteiger partial charge on any atom is 0.208 e. The lowest BCUT2D eigenvalue weighted by molar-refractivity contribution is 0.414.